The molecule has 0 amide bonds. The Morgan fingerprint density at radius 1 is 0.571 bits per heavy atom. The maximum Gasteiger partial charge on any atom is 0.240 e. The Morgan fingerprint density at radius 3 is 1.34 bits per heavy atom. The van der Waals surface area contributed by atoms with Crippen molar-refractivity contribution in [1.29, 1.82) is 0 Å². The van der Waals surface area contributed by atoms with Gasteiger partial charge in [-0.25, -0.2) is 26.3 Å². The lowest BCUT2D eigenvalue weighted by atomic mass is 10.2. The van der Waals surface area contributed by atoms with Crippen molar-refractivity contribution in [3.63, 3.8) is 0 Å². The zero-order valence-corrected chi connectivity index (χ0v) is 21.9. The highest BCUT2D eigenvalue weighted by Crippen LogP contribution is 2.10. The Morgan fingerprint density at radius 2 is 0.943 bits per heavy atom. The largest absolute Gasteiger partial charge is 0.299 e. The zero-order chi connectivity index (χ0) is 24.3. The van der Waals surface area contributed by atoms with Crippen LogP contribution in [-0.4, -0.2) is 47.9 Å². The fourth-order valence-corrected chi connectivity index (χ4v) is 5.69. The first-order valence-electron chi connectivity index (χ1n) is 11.2. The predicted octanol–water partition coefficient (Wildman–Crippen LogP) is 3.65. The summed E-state index contributed by atoms with van der Waals surface area (Å²) in [6.45, 7) is 2.71. The molecule has 7 nitrogen and oxygen atoms in total. The third kappa shape index (κ3) is 9.71. The number of halogens is 1. The first-order valence-corrected chi connectivity index (χ1v) is 14.2. The van der Waals surface area contributed by atoms with Crippen LogP contribution >= 0.6 is 12.4 Å². The Balaban J connectivity index is 0.00000432. The highest BCUT2D eigenvalue weighted by Gasteiger charge is 2.14. The van der Waals surface area contributed by atoms with Gasteiger partial charge in [0, 0.05) is 19.6 Å². The summed E-state index contributed by atoms with van der Waals surface area (Å²) in [5.41, 5.74) is 1.15. The Labute approximate surface area is 215 Å². The molecule has 0 spiro atoms. The van der Waals surface area contributed by atoms with Crippen LogP contribution in [0, 0.1) is 0 Å². The van der Waals surface area contributed by atoms with E-state index in [1.165, 1.54) is 0 Å². The highest BCUT2D eigenvalue weighted by molar-refractivity contribution is 7.89. The van der Waals surface area contributed by atoms with Crippen molar-refractivity contribution in [3.8, 4) is 0 Å². The molecular formula is C25H32ClN3O4S2. The van der Waals surface area contributed by atoms with Crippen LogP contribution in [0.25, 0.3) is 0 Å². The van der Waals surface area contributed by atoms with Crippen LogP contribution in [0.3, 0.4) is 0 Å². The minimum Gasteiger partial charge on any atom is -0.299 e. The average Bonchev–Trinajstić information content (AvgIpc) is 2.86. The van der Waals surface area contributed by atoms with Crippen LogP contribution in [0.1, 0.15) is 18.4 Å². The normalized spacial score (nSPS) is 11.8. The number of hydrogen-bond acceptors (Lipinski definition) is 5. The van der Waals surface area contributed by atoms with E-state index >= 15 is 0 Å². The summed E-state index contributed by atoms with van der Waals surface area (Å²) in [4.78, 5) is 2.71. The number of rotatable bonds is 14. The summed E-state index contributed by atoms with van der Waals surface area (Å²) in [5.74, 6) is 0. The van der Waals surface area contributed by atoms with Gasteiger partial charge in [-0.05, 0) is 55.8 Å². The van der Waals surface area contributed by atoms with Crippen LogP contribution in [0.5, 0.6) is 0 Å². The molecule has 3 aromatic rings. The Kier molecular flexibility index (Phi) is 11.9. The first kappa shape index (κ1) is 29.0. The number of sulfonamides is 2. The maximum atomic E-state index is 12.4. The van der Waals surface area contributed by atoms with E-state index in [0.717, 1.165) is 5.56 Å². The van der Waals surface area contributed by atoms with E-state index in [4.69, 9.17) is 0 Å². The van der Waals surface area contributed by atoms with Crippen molar-refractivity contribution < 1.29 is 16.8 Å². The maximum absolute atomic E-state index is 12.4. The monoisotopic (exact) mass is 537 g/mol. The summed E-state index contributed by atoms with van der Waals surface area (Å²) in [6, 6.07) is 26.6. The standard InChI is InChI=1S/C25H31N3O4S2.ClH/c29-33(30,24-14-6-2-7-15-24)26-18-10-20-28(22-23-12-4-1-5-13-23)21-11-19-27-34(31,32)25-16-8-3-9-17-25;/h1-9,12-17,26-27H,10-11,18-22H2;1H. The summed E-state index contributed by atoms with van der Waals surface area (Å²) in [6.07, 6.45) is 1.27. The quantitative estimate of drug-likeness (QED) is 0.306. The number of benzene rings is 3. The van der Waals surface area contributed by atoms with E-state index in [1.807, 2.05) is 30.3 Å². The van der Waals surface area contributed by atoms with Gasteiger partial charge in [-0.1, -0.05) is 66.7 Å². The lowest BCUT2D eigenvalue weighted by Crippen LogP contribution is -2.32. The Hall–Kier alpha value is -2.27. The van der Waals surface area contributed by atoms with Crippen LogP contribution in [0.2, 0.25) is 0 Å². The Bertz CT molecular complexity index is 1130. The predicted molar refractivity (Wildman–Crippen MR) is 141 cm³/mol. The SMILES string of the molecule is Cl.O=S(=O)(NCCCN(CCCNS(=O)(=O)c1ccccc1)Cc1ccccc1)c1ccccc1. The molecule has 2 N–H and O–H groups in total. The zero-order valence-electron chi connectivity index (χ0n) is 19.4. The molecule has 3 aromatic carbocycles. The van der Waals surface area contributed by atoms with Crippen LogP contribution < -0.4 is 9.44 Å². The van der Waals surface area contributed by atoms with Gasteiger partial charge >= 0.3 is 0 Å². The topological polar surface area (TPSA) is 95.6 Å². The molecule has 35 heavy (non-hydrogen) atoms. The molecule has 190 valence electrons. The molecule has 0 unspecified atom stereocenters. The molecule has 0 aromatic heterocycles. The van der Waals surface area contributed by atoms with Crippen molar-refractivity contribution in [2.75, 3.05) is 26.2 Å². The van der Waals surface area contributed by atoms with Crippen molar-refractivity contribution >= 4 is 32.5 Å². The average molecular weight is 538 g/mol. The van der Waals surface area contributed by atoms with Gasteiger partial charge in [0.1, 0.15) is 0 Å². The van der Waals surface area contributed by atoms with Crippen molar-refractivity contribution in [3.05, 3.63) is 96.6 Å². The molecule has 0 radical (unpaired) electrons. The molecular weight excluding hydrogens is 506 g/mol. The summed E-state index contributed by atoms with van der Waals surface area (Å²) in [7, 11) is -7.05. The second kappa shape index (κ2) is 14.3. The lowest BCUT2D eigenvalue weighted by molar-refractivity contribution is 0.260. The molecule has 0 saturated heterocycles. The van der Waals surface area contributed by atoms with E-state index in [2.05, 4.69) is 14.3 Å². The fourth-order valence-electron chi connectivity index (χ4n) is 3.50. The van der Waals surface area contributed by atoms with Gasteiger partial charge in [-0.15, -0.1) is 12.4 Å². The lowest BCUT2D eigenvalue weighted by Gasteiger charge is -2.22. The molecule has 0 bridgehead atoms. The molecule has 0 atom stereocenters. The molecule has 10 heteroatoms. The highest BCUT2D eigenvalue weighted by atomic mass is 35.5. The van der Waals surface area contributed by atoms with Gasteiger partial charge in [-0.2, -0.15) is 0 Å². The van der Waals surface area contributed by atoms with E-state index in [9.17, 15) is 16.8 Å². The molecule has 3 rings (SSSR count). The van der Waals surface area contributed by atoms with Gasteiger partial charge in [0.25, 0.3) is 0 Å². The smallest absolute Gasteiger partial charge is 0.240 e. The third-order valence-electron chi connectivity index (χ3n) is 5.24. The summed E-state index contributed by atoms with van der Waals surface area (Å²) < 4.78 is 54.9. The van der Waals surface area contributed by atoms with Crippen molar-refractivity contribution in [2.24, 2.45) is 0 Å². The summed E-state index contributed by atoms with van der Waals surface area (Å²) >= 11 is 0. The number of hydrogen-bond donors (Lipinski definition) is 2. The molecule has 0 aliphatic rings. The number of nitrogens with zero attached hydrogens (tertiary/aromatic N) is 1. The van der Waals surface area contributed by atoms with E-state index in [0.29, 0.717) is 45.6 Å². The second-order valence-corrected chi connectivity index (χ2v) is 11.4. The van der Waals surface area contributed by atoms with Crippen LogP contribution in [0.15, 0.2) is 101 Å². The second-order valence-electron chi connectivity index (χ2n) is 7.89. The fraction of sp³-hybridized carbons (Fsp3) is 0.280. The van der Waals surface area contributed by atoms with Gasteiger partial charge in [0.2, 0.25) is 20.0 Å². The van der Waals surface area contributed by atoms with Gasteiger partial charge in [0.05, 0.1) is 9.79 Å². The minimum atomic E-state index is -3.53. The van der Waals surface area contributed by atoms with Gasteiger partial charge in [-0.3, -0.25) is 4.90 Å². The van der Waals surface area contributed by atoms with E-state index in [-0.39, 0.29) is 22.2 Å². The first-order chi connectivity index (χ1) is 16.4. The molecule has 0 fully saturated rings. The van der Waals surface area contributed by atoms with Crippen LogP contribution in [0.4, 0.5) is 0 Å². The molecule has 0 saturated carbocycles. The molecule has 0 heterocycles. The van der Waals surface area contributed by atoms with Gasteiger partial charge < -0.3 is 0 Å². The van der Waals surface area contributed by atoms with Crippen LogP contribution in [-0.2, 0) is 26.6 Å². The number of nitrogens with one attached hydrogen (secondary N) is 2. The molecule has 0 aliphatic heterocycles. The van der Waals surface area contributed by atoms with E-state index in [1.54, 1.807) is 60.7 Å². The van der Waals surface area contributed by atoms with Crippen molar-refractivity contribution in [2.45, 2.75) is 29.2 Å². The third-order valence-corrected chi connectivity index (χ3v) is 8.20. The molecule has 0 aliphatic carbocycles. The van der Waals surface area contributed by atoms with E-state index < -0.39 is 20.0 Å². The van der Waals surface area contributed by atoms with Gasteiger partial charge in [0.15, 0.2) is 0 Å². The van der Waals surface area contributed by atoms with Crippen molar-refractivity contribution in [1.82, 2.24) is 14.3 Å². The minimum absolute atomic E-state index is 0. The summed E-state index contributed by atoms with van der Waals surface area (Å²) in [5, 5.41) is 0.